The molecule has 3 rings (SSSR count). The van der Waals surface area contributed by atoms with E-state index in [-0.39, 0.29) is 22.4 Å². The minimum absolute atomic E-state index is 0.0479. The van der Waals surface area contributed by atoms with Crippen LogP contribution in [0, 0.1) is 20.2 Å². The molecule has 11 nitrogen and oxygen atoms in total. The molecule has 11 heteroatoms. The van der Waals surface area contributed by atoms with Crippen LogP contribution in [-0.2, 0) is 0 Å². The van der Waals surface area contributed by atoms with Gasteiger partial charge in [-0.1, -0.05) is 0 Å². The molecule has 0 unspecified atom stereocenters. The van der Waals surface area contributed by atoms with E-state index in [1.807, 2.05) is 0 Å². The summed E-state index contributed by atoms with van der Waals surface area (Å²) in [6.45, 7) is 0. The van der Waals surface area contributed by atoms with Crippen LogP contribution in [0.3, 0.4) is 0 Å². The maximum atomic E-state index is 10.9. The highest BCUT2D eigenvalue weighted by Gasteiger charge is 2.20. The first-order valence-corrected chi connectivity index (χ1v) is 6.11. The van der Waals surface area contributed by atoms with Crippen molar-refractivity contribution >= 4 is 33.8 Å². The van der Waals surface area contributed by atoms with Gasteiger partial charge in [-0.2, -0.15) is 0 Å². The highest BCUT2D eigenvalue weighted by atomic mass is 16.6. The number of aromatic nitrogens is 2. The lowest BCUT2D eigenvalue weighted by Crippen LogP contribution is -1.96. The Balaban J connectivity index is 2.04. The molecule has 0 atom stereocenters. The number of phenols is 1. The third-order valence-electron chi connectivity index (χ3n) is 3.04. The largest absolute Gasteiger partial charge is 0.502 e. The molecular weight excluding hydrogens is 310 g/mol. The van der Waals surface area contributed by atoms with Crippen molar-refractivity contribution in [3.63, 3.8) is 0 Å². The molecule has 0 aliphatic heterocycles. The fourth-order valence-corrected chi connectivity index (χ4v) is 2.00. The van der Waals surface area contributed by atoms with Crippen molar-refractivity contribution in [1.82, 2.24) is 10.3 Å². The van der Waals surface area contributed by atoms with Crippen LogP contribution >= 0.6 is 0 Å². The second-order valence-corrected chi connectivity index (χ2v) is 4.44. The van der Waals surface area contributed by atoms with E-state index >= 15 is 0 Å². The smallest absolute Gasteiger partial charge is 0.312 e. The number of hydrogen-bond acceptors (Lipinski definition) is 9. The third kappa shape index (κ3) is 2.46. The first kappa shape index (κ1) is 14.2. The van der Waals surface area contributed by atoms with Crippen LogP contribution in [-0.4, -0.2) is 25.3 Å². The Bertz CT molecular complexity index is 937. The SMILES string of the molecule is O=[N+]([O-])c1cc(Nc2ccc([N+](=O)[O-])c3nonc23)ccc1O. The number of nitrogens with one attached hydrogen (secondary N) is 1. The van der Waals surface area contributed by atoms with E-state index in [4.69, 9.17) is 0 Å². The van der Waals surface area contributed by atoms with Crippen LogP contribution in [0.1, 0.15) is 0 Å². The van der Waals surface area contributed by atoms with Crippen LogP contribution in [0.15, 0.2) is 35.0 Å². The number of anilines is 2. The molecule has 0 saturated heterocycles. The zero-order valence-corrected chi connectivity index (χ0v) is 11.2. The molecule has 23 heavy (non-hydrogen) atoms. The molecule has 116 valence electrons. The molecule has 1 heterocycles. The number of nitro groups is 2. The summed E-state index contributed by atoms with van der Waals surface area (Å²) >= 11 is 0. The first-order valence-electron chi connectivity index (χ1n) is 6.11. The number of aromatic hydroxyl groups is 1. The molecule has 0 radical (unpaired) electrons. The van der Waals surface area contributed by atoms with Crippen molar-refractivity contribution in [1.29, 1.82) is 0 Å². The highest BCUT2D eigenvalue weighted by Crippen LogP contribution is 2.33. The van der Waals surface area contributed by atoms with Gasteiger partial charge in [-0.15, -0.1) is 0 Å². The lowest BCUT2D eigenvalue weighted by Gasteiger charge is -2.06. The number of nitro benzene ring substituents is 2. The van der Waals surface area contributed by atoms with E-state index in [0.717, 1.165) is 12.1 Å². The monoisotopic (exact) mass is 317 g/mol. The van der Waals surface area contributed by atoms with Gasteiger partial charge >= 0.3 is 11.4 Å². The number of hydrogen-bond donors (Lipinski definition) is 2. The van der Waals surface area contributed by atoms with E-state index in [2.05, 4.69) is 20.3 Å². The Morgan fingerprint density at radius 1 is 1.00 bits per heavy atom. The Morgan fingerprint density at radius 2 is 1.70 bits per heavy atom. The molecule has 2 N–H and O–H groups in total. The lowest BCUT2D eigenvalue weighted by atomic mass is 10.2. The molecular formula is C12H7N5O6. The van der Waals surface area contributed by atoms with Gasteiger partial charge in [0.2, 0.25) is 5.52 Å². The van der Waals surface area contributed by atoms with Gasteiger partial charge in [-0.3, -0.25) is 20.2 Å². The number of benzene rings is 2. The minimum atomic E-state index is -0.733. The molecule has 0 fully saturated rings. The van der Waals surface area contributed by atoms with Crippen LogP contribution in [0.2, 0.25) is 0 Å². The van der Waals surface area contributed by atoms with Crippen LogP contribution in [0.5, 0.6) is 5.75 Å². The summed E-state index contributed by atoms with van der Waals surface area (Å²) in [6.07, 6.45) is 0. The average Bonchev–Trinajstić information content (AvgIpc) is 2.98. The van der Waals surface area contributed by atoms with E-state index in [1.54, 1.807) is 0 Å². The number of fused-ring (bicyclic) bond motifs is 1. The molecule has 0 aliphatic carbocycles. The molecule has 2 aromatic carbocycles. The standard InChI is InChI=1S/C12H7N5O6/c18-10-4-1-6(5-9(10)17(21)22)13-7-2-3-8(16(19)20)12-11(7)14-23-15-12/h1-5,13,18H. The van der Waals surface area contributed by atoms with Gasteiger partial charge in [0, 0.05) is 17.8 Å². The van der Waals surface area contributed by atoms with Crippen LogP contribution in [0.25, 0.3) is 11.0 Å². The maximum Gasteiger partial charge on any atom is 0.312 e. The molecule has 0 saturated carbocycles. The number of non-ortho nitro benzene ring substituents is 1. The summed E-state index contributed by atoms with van der Waals surface area (Å²) in [5.41, 5.74) is -0.0994. The molecule has 0 amide bonds. The van der Waals surface area contributed by atoms with Crippen LogP contribution in [0.4, 0.5) is 22.7 Å². The third-order valence-corrected chi connectivity index (χ3v) is 3.04. The zero-order valence-electron chi connectivity index (χ0n) is 11.2. The Kier molecular flexibility index (Phi) is 3.22. The first-order chi connectivity index (χ1) is 11.0. The van der Waals surface area contributed by atoms with Crippen molar-refractivity contribution < 1.29 is 19.6 Å². The highest BCUT2D eigenvalue weighted by molar-refractivity contribution is 5.94. The van der Waals surface area contributed by atoms with Gasteiger partial charge in [-0.05, 0) is 28.5 Å². The molecule has 1 aromatic heterocycles. The minimum Gasteiger partial charge on any atom is -0.502 e. The van der Waals surface area contributed by atoms with Gasteiger partial charge in [0.05, 0.1) is 15.5 Å². The van der Waals surface area contributed by atoms with E-state index < -0.39 is 21.3 Å². The summed E-state index contributed by atoms with van der Waals surface area (Å²) in [7, 11) is 0. The number of nitrogens with zero attached hydrogens (tertiary/aromatic N) is 4. The maximum absolute atomic E-state index is 10.9. The number of rotatable bonds is 4. The summed E-state index contributed by atoms with van der Waals surface area (Å²) in [5.74, 6) is -0.475. The topological polar surface area (TPSA) is 157 Å². The summed E-state index contributed by atoms with van der Waals surface area (Å²) < 4.78 is 4.52. The Morgan fingerprint density at radius 3 is 2.39 bits per heavy atom. The van der Waals surface area contributed by atoms with Crippen molar-refractivity contribution in [3.05, 3.63) is 50.6 Å². The molecule has 0 bridgehead atoms. The quantitative estimate of drug-likeness (QED) is 0.418. The van der Waals surface area contributed by atoms with E-state index in [9.17, 15) is 25.3 Å². The van der Waals surface area contributed by atoms with Crippen molar-refractivity contribution in [2.24, 2.45) is 0 Å². The fourth-order valence-electron chi connectivity index (χ4n) is 2.00. The summed E-state index contributed by atoms with van der Waals surface area (Å²) in [6, 6.07) is 6.27. The number of phenolic OH excluding ortho intramolecular Hbond substituents is 1. The Hall–Kier alpha value is -3.76. The second kappa shape index (κ2) is 5.22. The Labute approximate surface area is 126 Å². The van der Waals surface area contributed by atoms with Gasteiger partial charge in [-0.25, -0.2) is 4.63 Å². The molecule has 0 spiro atoms. The van der Waals surface area contributed by atoms with Gasteiger partial charge in [0.1, 0.15) is 0 Å². The zero-order chi connectivity index (χ0) is 16.6. The average molecular weight is 317 g/mol. The lowest BCUT2D eigenvalue weighted by molar-refractivity contribution is -0.385. The van der Waals surface area contributed by atoms with Crippen molar-refractivity contribution in [2.45, 2.75) is 0 Å². The van der Waals surface area contributed by atoms with Gasteiger partial charge in [0.25, 0.3) is 0 Å². The summed E-state index contributed by atoms with van der Waals surface area (Å²) in [4.78, 5) is 20.4. The van der Waals surface area contributed by atoms with E-state index in [0.29, 0.717) is 5.69 Å². The van der Waals surface area contributed by atoms with Crippen LogP contribution < -0.4 is 5.32 Å². The normalized spacial score (nSPS) is 10.6. The van der Waals surface area contributed by atoms with Crippen molar-refractivity contribution in [2.75, 3.05) is 5.32 Å². The van der Waals surface area contributed by atoms with Crippen molar-refractivity contribution in [3.8, 4) is 5.75 Å². The van der Waals surface area contributed by atoms with Gasteiger partial charge < -0.3 is 10.4 Å². The van der Waals surface area contributed by atoms with E-state index in [1.165, 1.54) is 18.2 Å². The summed E-state index contributed by atoms with van der Waals surface area (Å²) in [5, 5.41) is 41.1. The molecule has 3 aromatic rings. The second-order valence-electron chi connectivity index (χ2n) is 4.44. The predicted octanol–water partition coefficient (Wildman–Crippen LogP) is 2.49. The predicted molar refractivity (Wildman–Crippen MR) is 76.5 cm³/mol. The fraction of sp³-hybridized carbons (Fsp3) is 0. The van der Waals surface area contributed by atoms with Gasteiger partial charge in [0.15, 0.2) is 11.3 Å². The molecule has 0 aliphatic rings.